The van der Waals surface area contributed by atoms with Crippen LogP contribution in [0.4, 0.5) is 0 Å². The molecule has 7 N–H and O–H groups in total. The minimum atomic E-state index is -1.73. The van der Waals surface area contributed by atoms with Crippen LogP contribution in [0.1, 0.15) is 18.1 Å². The van der Waals surface area contributed by atoms with Crippen LogP contribution in [0.2, 0.25) is 0 Å². The van der Waals surface area contributed by atoms with Gasteiger partial charge in [0.25, 0.3) is 0 Å². The van der Waals surface area contributed by atoms with Crippen molar-refractivity contribution >= 4 is 18.4 Å². The topological polar surface area (TPSA) is 220 Å². The molecule has 1 aliphatic rings. The van der Waals surface area contributed by atoms with Gasteiger partial charge in [0.1, 0.15) is 42.0 Å². The molecule has 0 saturated carbocycles. The number of hydrogen-bond acceptors (Lipinski definition) is 14. The van der Waals surface area contributed by atoms with E-state index in [4.69, 9.17) is 18.9 Å². The Kier molecular flexibility index (Phi) is 12.8. The molecule has 230 valence electrons. The summed E-state index contributed by atoms with van der Waals surface area (Å²) >= 11 is 0. The Hall–Kier alpha value is -3.47. The van der Waals surface area contributed by atoms with Crippen molar-refractivity contribution in [2.45, 2.75) is 69.2 Å². The second-order valence-electron chi connectivity index (χ2n) is 9.37. The highest BCUT2D eigenvalue weighted by molar-refractivity contribution is 5.66. The van der Waals surface area contributed by atoms with Crippen LogP contribution >= 0.6 is 0 Å². The Morgan fingerprint density at radius 3 is 2.05 bits per heavy atom. The summed E-state index contributed by atoms with van der Waals surface area (Å²) in [5, 5.41) is 71.3. The number of hydrogen-bond donors (Lipinski definition) is 7. The lowest BCUT2D eigenvalue weighted by Gasteiger charge is -2.42. The summed E-state index contributed by atoms with van der Waals surface area (Å²) in [6.07, 6.45) is -9.79. The van der Waals surface area contributed by atoms with E-state index in [0.29, 0.717) is 11.1 Å². The lowest BCUT2D eigenvalue weighted by Crippen LogP contribution is -2.61. The predicted octanol–water partition coefficient (Wildman–Crippen LogP) is -0.609. The van der Waals surface area contributed by atoms with E-state index in [1.807, 2.05) is 0 Å². The summed E-state index contributed by atoms with van der Waals surface area (Å²) in [6, 6.07) is 13.0. The number of carbonyl (C=O) groups excluding carboxylic acids is 1. The molecular weight excluding hydrogens is 556 g/mol. The molecule has 0 spiro atoms. The Balaban J connectivity index is 1.79. The minimum Gasteiger partial charge on any atom is -0.508 e. The van der Waals surface area contributed by atoms with Crippen LogP contribution in [-0.4, -0.2) is 117 Å². The molecule has 3 rings (SSSR count). The maximum Gasteiger partial charge on any atom is 0.303 e. The number of aliphatic imine (C=N–C) groups is 2. The van der Waals surface area contributed by atoms with E-state index >= 15 is 0 Å². The molecule has 2 aromatic carbocycles. The van der Waals surface area contributed by atoms with Crippen molar-refractivity contribution < 1.29 is 59.5 Å². The molecule has 8 atom stereocenters. The maximum atomic E-state index is 11.6. The fourth-order valence-electron chi connectivity index (χ4n) is 4.09. The number of esters is 1. The first kappa shape index (κ1) is 33.0. The molecule has 0 radical (unpaired) electrons. The first-order valence-corrected chi connectivity index (χ1v) is 13.1. The highest BCUT2D eigenvalue weighted by Crippen LogP contribution is 2.26. The van der Waals surface area contributed by atoms with Gasteiger partial charge in [-0.15, -0.1) is 0 Å². The predicted molar refractivity (Wildman–Crippen MR) is 147 cm³/mol. The van der Waals surface area contributed by atoms with Crippen molar-refractivity contribution in [3.05, 3.63) is 59.7 Å². The molecule has 1 saturated heterocycles. The quantitative estimate of drug-likeness (QED) is 0.0830. The maximum absolute atomic E-state index is 11.6. The fraction of sp³-hybridized carbons (Fsp3) is 0.464. The van der Waals surface area contributed by atoms with Gasteiger partial charge in [0, 0.05) is 24.3 Å². The lowest BCUT2D eigenvalue weighted by atomic mass is 9.99. The molecule has 1 fully saturated rings. The van der Waals surface area contributed by atoms with Gasteiger partial charge >= 0.3 is 5.97 Å². The number of nitrogens with zero attached hydrogens (tertiary/aromatic N) is 2. The monoisotopic (exact) mass is 592 g/mol. The van der Waals surface area contributed by atoms with Gasteiger partial charge in [-0.3, -0.25) is 14.8 Å². The molecule has 0 aliphatic carbocycles. The molecule has 0 unspecified atom stereocenters. The van der Waals surface area contributed by atoms with Gasteiger partial charge in [-0.1, -0.05) is 36.4 Å². The van der Waals surface area contributed by atoms with Gasteiger partial charge in [0.15, 0.2) is 18.7 Å². The summed E-state index contributed by atoms with van der Waals surface area (Å²) in [6.45, 7) is -0.338. The Morgan fingerprint density at radius 2 is 1.52 bits per heavy atom. The van der Waals surface area contributed by atoms with E-state index in [2.05, 4.69) is 9.98 Å². The van der Waals surface area contributed by atoms with Crippen molar-refractivity contribution in [1.82, 2.24) is 0 Å². The first-order chi connectivity index (χ1) is 20.1. The molecule has 0 amide bonds. The number of rotatable bonds is 14. The van der Waals surface area contributed by atoms with Crippen LogP contribution in [0.15, 0.2) is 58.5 Å². The van der Waals surface area contributed by atoms with Crippen molar-refractivity contribution in [2.24, 2.45) is 9.98 Å². The number of aromatic hydroxyl groups is 2. The molecular formula is C28H36N2O12. The third kappa shape index (κ3) is 9.27. The SMILES string of the molecule is CC(=O)O[C@H]1[C@H](O)[C@@H](O[C@H](C=NCc2ccccc2O)[C@H](CO)O[C@@H](O)C=NCc2ccccc2O)O[C@@H](CO)[C@@H]1O. The highest BCUT2D eigenvalue weighted by atomic mass is 16.7. The fourth-order valence-corrected chi connectivity index (χ4v) is 4.09. The van der Waals surface area contributed by atoms with E-state index in [0.717, 1.165) is 13.1 Å². The van der Waals surface area contributed by atoms with Crippen molar-refractivity contribution in [3.8, 4) is 11.5 Å². The number of phenolic OH excluding ortho intramolecular Hbond substituents is 2. The average Bonchev–Trinajstić information content (AvgIpc) is 2.96. The van der Waals surface area contributed by atoms with Gasteiger partial charge in [0.2, 0.25) is 0 Å². The number of phenols is 2. The van der Waals surface area contributed by atoms with Crippen LogP contribution in [0.25, 0.3) is 0 Å². The smallest absolute Gasteiger partial charge is 0.303 e. The molecule has 1 aliphatic heterocycles. The van der Waals surface area contributed by atoms with Crippen LogP contribution in [0, 0.1) is 0 Å². The number of aliphatic hydroxyl groups excluding tert-OH is 5. The van der Waals surface area contributed by atoms with Gasteiger partial charge in [-0.25, -0.2) is 0 Å². The van der Waals surface area contributed by atoms with Gasteiger partial charge < -0.3 is 54.7 Å². The zero-order valence-electron chi connectivity index (χ0n) is 22.8. The number of ether oxygens (including phenoxy) is 4. The standard InChI is InChI=1S/C28H36N2O12/c1-16(33)39-27-25(37)23(15-32)42-28(26(27)38)41-21(12-29-10-17-6-2-4-8-19(17)34)22(14-31)40-24(36)13-30-11-18-7-3-5-9-20(18)35/h2-9,12-13,21-28,31-32,34-38H,10-11,14-15H2,1H3/t21-,22+,23+,24-,25+,26+,27-,28+/m1/s1. The normalized spacial score (nSPS) is 25.0. The Labute approximate surface area is 241 Å². The number of carbonyl (C=O) groups is 1. The summed E-state index contributed by atoms with van der Waals surface area (Å²) in [5.74, 6) is -0.788. The van der Waals surface area contributed by atoms with Crippen LogP contribution in [-0.2, 0) is 36.8 Å². The largest absolute Gasteiger partial charge is 0.508 e. The van der Waals surface area contributed by atoms with E-state index < -0.39 is 68.4 Å². The number of benzene rings is 2. The van der Waals surface area contributed by atoms with E-state index in [1.165, 1.54) is 18.3 Å². The van der Waals surface area contributed by atoms with Gasteiger partial charge in [-0.2, -0.15) is 0 Å². The summed E-state index contributed by atoms with van der Waals surface area (Å²) in [4.78, 5) is 19.8. The third-order valence-corrected chi connectivity index (χ3v) is 6.27. The molecule has 14 nitrogen and oxygen atoms in total. The molecule has 0 aromatic heterocycles. The Morgan fingerprint density at radius 1 is 0.952 bits per heavy atom. The third-order valence-electron chi connectivity index (χ3n) is 6.27. The van der Waals surface area contributed by atoms with Crippen molar-refractivity contribution in [2.75, 3.05) is 13.2 Å². The molecule has 14 heteroatoms. The molecule has 1 heterocycles. The highest BCUT2D eigenvalue weighted by Gasteiger charge is 2.48. The van der Waals surface area contributed by atoms with Crippen LogP contribution in [0.3, 0.4) is 0 Å². The van der Waals surface area contributed by atoms with Crippen LogP contribution in [0.5, 0.6) is 11.5 Å². The average molecular weight is 593 g/mol. The first-order valence-electron chi connectivity index (χ1n) is 13.1. The number of para-hydroxylation sites is 2. The van der Waals surface area contributed by atoms with Crippen molar-refractivity contribution in [3.63, 3.8) is 0 Å². The molecule has 2 aromatic rings. The van der Waals surface area contributed by atoms with E-state index in [1.54, 1.807) is 36.4 Å². The summed E-state index contributed by atoms with van der Waals surface area (Å²) in [7, 11) is 0. The van der Waals surface area contributed by atoms with Crippen LogP contribution < -0.4 is 0 Å². The summed E-state index contributed by atoms with van der Waals surface area (Å²) < 4.78 is 21.9. The van der Waals surface area contributed by atoms with E-state index in [-0.39, 0.29) is 24.6 Å². The van der Waals surface area contributed by atoms with Crippen molar-refractivity contribution in [1.29, 1.82) is 0 Å². The zero-order chi connectivity index (χ0) is 30.6. The second-order valence-corrected chi connectivity index (χ2v) is 9.37. The zero-order valence-corrected chi connectivity index (χ0v) is 22.8. The minimum absolute atomic E-state index is 0.00630. The summed E-state index contributed by atoms with van der Waals surface area (Å²) in [5.41, 5.74) is 0.973. The second kappa shape index (κ2) is 16.2. The molecule has 42 heavy (non-hydrogen) atoms. The van der Waals surface area contributed by atoms with Gasteiger partial charge in [-0.05, 0) is 12.1 Å². The Bertz CT molecular complexity index is 1190. The lowest BCUT2D eigenvalue weighted by molar-refractivity contribution is -0.315. The number of aliphatic hydroxyl groups is 5. The molecule has 0 bridgehead atoms. The van der Waals surface area contributed by atoms with Gasteiger partial charge in [0.05, 0.1) is 32.5 Å². The van der Waals surface area contributed by atoms with E-state index in [9.17, 15) is 40.5 Å².